The van der Waals surface area contributed by atoms with Crippen LogP contribution in [0.2, 0.25) is 0 Å². The molecule has 0 fully saturated rings. The molecule has 0 saturated carbocycles. The Morgan fingerprint density at radius 3 is 1.40 bits per heavy atom. The van der Waals surface area contributed by atoms with E-state index in [4.69, 9.17) is 28.7 Å². The van der Waals surface area contributed by atoms with Gasteiger partial charge in [-0.25, -0.2) is 31.6 Å². The molecule has 0 bridgehead atoms. The number of methoxy groups -OCH3 is 2. The van der Waals surface area contributed by atoms with Crippen LogP contribution in [0.4, 0.5) is 28.1 Å². The maximum atomic E-state index is 14.3. The number of aryl methyl sites for hydroxylation is 4. The number of sulfonamides is 2. The van der Waals surface area contributed by atoms with Crippen molar-refractivity contribution < 1.29 is 124 Å². The van der Waals surface area contributed by atoms with Crippen LogP contribution in [-0.2, 0) is 116 Å². The summed E-state index contributed by atoms with van der Waals surface area (Å²) in [6.45, 7) is 9.47. The van der Waals surface area contributed by atoms with Crippen molar-refractivity contribution in [1.29, 1.82) is 0 Å². The minimum atomic E-state index is -5.09. The molecule has 2 aliphatic rings. The van der Waals surface area contributed by atoms with Crippen LogP contribution in [0.25, 0.3) is 0 Å². The first-order chi connectivity index (χ1) is 71.0. The first-order valence-electron chi connectivity index (χ1n) is 48.0. The van der Waals surface area contributed by atoms with Gasteiger partial charge in [-0.05, 0) is 173 Å². The van der Waals surface area contributed by atoms with Gasteiger partial charge in [-0.15, -0.1) is 0 Å². The van der Waals surface area contributed by atoms with E-state index < -0.39 is 204 Å². The average molecular weight is 2150 g/mol. The number of esters is 2. The molecule has 8 amide bonds. The van der Waals surface area contributed by atoms with E-state index in [9.17, 15) is 100 Å². The zero-order valence-corrected chi connectivity index (χ0v) is 88.1. The summed E-state index contributed by atoms with van der Waals surface area (Å²) < 4.78 is 159. The third-order valence-electron chi connectivity index (χ3n) is 24.7. The Hall–Kier alpha value is -14.8. The van der Waals surface area contributed by atoms with Crippen molar-refractivity contribution in [3.05, 3.63) is 238 Å². The maximum absolute atomic E-state index is 14.3. The lowest BCUT2D eigenvalue weighted by Gasteiger charge is -2.38. The molecule has 9 aromatic rings. The number of carbonyl (C=O) groups excluding carboxylic acids is 12. The zero-order valence-electron chi connectivity index (χ0n) is 84.8. The van der Waals surface area contributed by atoms with E-state index in [1.165, 1.54) is 79.7 Å². The first kappa shape index (κ1) is 116. The summed E-state index contributed by atoms with van der Waals surface area (Å²) in [6.07, 6.45) is 3.64. The van der Waals surface area contributed by atoms with E-state index in [0.29, 0.717) is 40.9 Å². The van der Waals surface area contributed by atoms with E-state index >= 15 is 0 Å². The zero-order chi connectivity index (χ0) is 109. The van der Waals surface area contributed by atoms with Crippen molar-refractivity contribution in [2.75, 3.05) is 113 Å². The monoisotopic (exact) mass is 2150 g/mol. The number of fused-ring (bicyclic) bond motifs is 2. The summed E-state index contributed by atoms with van der Waals surface area (Å²) in [4.78, 5) is 179. The number of aromatic nitrogens is 4. The highest BCUT2D eigenvalue weighted by atomic mass is 32.2. The van der Waals surface area contributed by atoms with Gasteiger partial charge in [-0.3, -0.25) is 66.4 Å². The number of likely N-dealkylation sites (N-methyl/N-ethyl adjacent to an activating group) is 2. The highest BCUT2D eigenvalue weighted by Crippen LogP contribution is 2.44. The largest absolute Gasteiger partial charge is 0.494 e. The molecular weight excluding hydrogens is 2030 g/mol. The molecule has 0 saturated heterocycles. The Balaban J connectivity index is 0.617. The third-order valence-corrected chi connectivity index (χ3v) is 29.9. The van der Waals surface area contributed by atoms with Crippen molar-refractivity contribution in [2.45, 2.75) is 183 Å². The van der Waals surface area contributed by atoms with E-state index in [1.54, 1.807) is 66.8 Å². The minimum absolute atomic E-state index is 0.0680. The highest BCUT2D eigenvalue weighted by molar-refractivity contribution is 7.90. The number of nitrogens with one attached hydrogen (secondary N) is 12. The molecule has 45 nitrogen and oxygen atoms in total. The molecule has 0 spiro atoms. The lowest BCUT2D eigenvalue weighted by Crippen LogP contribution is -2.56. The second-order valence-corrected chi connectivity index (χ2v) is 43.4. The van der Waals surface area contributed by atoms with E-state index in [1.807, 2.05) is 72.9 Å². The normalized spacial score (nSPS) is 14.8. The van der Waals surface area contributed by atoms with Gasteiger partial charge in [0.25, 0.3) is 20.2 Å². The van der Waals surface area contributed by atoms with Crippen LogP contribution in [-0.4, -0.2) is 278 Å². The number of amides is 8. The van der Waals surface area contributed by atoms with Crippen LogP contribution >= 0.6 is 0 Å². The van der Waals surface area contributed by atoms with Crippen molar-refractivity contribution in [3.8, 4) is 11.5 Å². The Labute approximate surface area is 869 Å². The molecule has 2 unspecified atom stereocenters. The molecule has 11 rings (SSSR count). The predicted octanol–water partition coefficient (Wildman–Crippen LogP) is 5.48. The number of rotatable bonds is 52. The van der Waals surface area contributed by atoms with Gasteiger partial charge in [-0.1, -0.05) is 103 Å². The van der Waals surface area contributed by atoms with Crippen LogP contribution in [0.15, 0.2) is 186 Å². The number of ketones is 2. The predicted molar refractivity (Wildman–Crippen MR) is 552 cm³/mol. The summed E-state index contributed by atoms with van der Waals surface area (Å²) in [5.74, 6) is -9.57. The second-order valence-electron chi connectivity index (χ2n) is 37.1. The van der Waals surface area contributed by atoms with Gasteiger partial charge >= 0.3 is 18.0 Å². The van der Waals surface area contributed by atoms with Gasteiger partial charge in [0.05, 0.1) is 43.0 Å². The van der Waals surface area contributed by atoms with E-state index in [-0.39, 0.29) is 126 Å². The second kappa shape index (κ2) is 51.4. The molecule has 806 valence electrons. The Morgan fingerprint density at radius 2 is 0.967 bits per heavy atom. The maximum Gasteiger partial charge on any atom is 0.408 e. The summed E-state index contributed by atoms with van der Waals surface area (Å²) in [7, 11) is -13.6. The number of imidazole rings is 2. The molecule has 0 aliphatic carbocycles. The Bertz CT molecular complexity index is 6740. The van der Waals surface area contributed by atoms with E-state index in [0.717, 1.165) is 46.9 Å². The van der Waals surface area contributed by atoms with Crippen LogP contribution in [0.1, 0.15) is 150 Å². The number of Topliss-reactive ketones (excluding diaryl/α,β-unsaturated/α-hetero) is 2. The summed E-state index contributed by atoms with van der Waals surface area (Å²) in [5.41, 5.74) is 4.86. The number of ether oxygens (including phenoxy) is 5. The van der Waals surface area contributed by atoms with Crippen LogP contribution in [0, 0.1) is 27.7 Å². The van der Waals surface area contributed by atoms with Crippen LogP contribution in [0.3, 0.4) is 0 Å². The van der Waals surface area contributed by atoms with Gasteiger partial charge < -0.3 is 91.2 Å². The lowest BCUT2D eigenvalue weighted by molar-refractivity contribution is -0.143. The van der Waals surface area contributed by atoms with Gasteiger partial charge in [0.15, 0.2) is 17.5 Å². The number of aromatic amines is 1. The highest BCUT2D eigenvalue weighted by Gasteiger charge is 2.43. The molecule has 49 heteroatoms. The van der Waals surface area contributed by atoms with Gasteiger partial charge in [0.2, 0.25) is 67.3 Å². The minimum Gasteiger partial charge on any atom is -0.494 e. The quantitative estimate of drug-likeness (QED) is 0.00738. The van der Waals surface area contributed by atoms with Crippen molar-refractivity contribution >= 4 is 135 Å². The summed E-state index contributed by atoms with van der Waals surface area (Å²) >= 11 is 0. The molecule has 7 atom stereocenters. The molecule has 2 aliphatic heterocycles. The lowest BCUT2D eigenvalue weighted by atomic mass is 9.76. The summed E-state index contributed by atoms with van der Waals surface area (Å²) in [6, 6.07) is 35.8. The van der Waals surface area contributed by atoms with Crippen molar-refractivity contribution in [3.63, 3.8) is 0 Å². The molecular formula is C101H126N18O27S4. The number of H-pyrrole nitrogens is 1. The van der Waals surface area contributed by atoms with Crippen LogP contribution < -0.4 is 76.6 Å². The van der Waals surface area contributed by atoms with Gasteiger partial charge in [0, 0.05) is 152 Å². The molecule has 0 radical (unpaired) electrons. The fraction of sp³-hybridized carbons (Fsp3) is 0.406. The number of hydrogen-bond donors (Lipinski definition) is 14. The van der Waals surface area contributed by atoms with Gasteiger partial charge in [0.1, 0.15) is 64.6 Å². The SMILES string of the molecule is COC(=O)[C@H](CNC(=O)C1CC(=O)c2ccc(CNc3ncc[nH]3)cc2N1C)NS(=O)(=O)c1c(C)cc(OCCCC(=O)NCCN(C(=O)CC[C@H](NC(=O)OC(C)(C)C)C(=O)N[C@@H](CS(=O)(=O)O)C(=O)NCCNC(=O)CCCOc2cc(C)c(S(=O)(=O)N[C@@H](CNC(=O)C3CC(=O)c4ccc(CNc5nccn5C(c5ccccc5)(c5ccccc5)c5ccccc5)cc4N3C)C(=O)OC)c(C)c2)[C@H](C)CS(=O)(=O)O)cc1C. The van der Waals surface area contributed by atoms with Crippen molar-refractivity contribution in [2.24, 2.45) is 0 Å². The third kappa shape index (κ3) is 31.2. The first-order valence-corrected chi connectivity index (χ1v) is 54.2. The topological polar surface area (TPSA) is 617 Å². The standard InChI is InChI=1S/C101H126N18O27S4/c1-62-48-72(49-63(2)89(62)149(138,139)115-78(96(130)143-12)59-109-94(128)83-55-85(121)75-35-33-68(53-81(75)117(83)10)57-111-98-107-43-45-119(98)101(69-24-16-13-17-25-69,70-26-18-14-19-27-70)71-28-20-15-21-29-71)144-46-22-30-86(122)102-38-39-104-91(125)79(61-148(135,136)137)112-92(126)76(113-99(131)146-100(6,7)8)36-37-88(124)118(66(5)60-147(132,133)134)44-42-103-87(123)31-23-47-145-73-50-64(3)90(65(4)51-73)150(140,141)114-77(95(129)142-11)58-108-93(127)82-54-84(120)74-34-32-67(52-80(74)116(82)9)56-110-97-105-40-41-106-97/h13-21,24-29,32-35,40-41,43,45,48-53,66,76-79,82-83,114-115H,22-23,30-31,36-39,42,44,46-47,54-61H2,1-12H3,(H,102,122)(H,103,123)(H,104,125)(H,107,111)(H,108,127)(H,109,128)(H,112,126)(H,113,131)(H2,105,106,110)(H,132,133,134)(H,135,136,137)/t66-,76+,77+,78+,79+,82?,83?/m1/s1. The van der Waals surface area contributed by atoms with Crippen LogP contribution in [0.5, 0.6) is 11.5 Å². The smallest absolute Gasteiger partial charge is 0.408 e. The molecule has 14 N–H and O–H groups in total. The molecule has 7 aromatic carbocycles. The Morgan fingerprint density at radius 1 is 0.520 bits per heavy atom. The number of anilines is 4. The number of benzene rings is 7. The average Bonchev–Trinajstić information content (AvgIpc) is 1.38. The van der Waals surface area contributed by atoms with Crippen molar-refractivity contribution in [1.82, 2.24) is 71.1 Å². The summed E-state index contributed by atoms with van der Waals surface area (Å²) in [5, 5.41) is 23.8. The number of nitrogens with zero attached hydrogens (tertiary/aromatic N) is 6. The number of alkyl carbamates (subject to hydrolysis) is 1. The fourth-order valence-electron chi connectivity index (χ4n) is 17.8. The molecule has 150 heavy (non-hydrogen) atoms. The van der Waals surface area contributed by atoms with E-state index in [2.05, 4.69) is 108 Å². The Kier molecular flexibility index (Phi) is 39.6. The number of carbonyl (C=O) groups is 12. The molecule has 2 aromatic heterocycles. The fourth-order valence-corrected chi connectivity index (χ4v) is 22.5. The van der Waals surface area contributed by atoms with Gasteiger partial charge in [-0.2, -0.15) is 26.3 Å². The molecule has 4 heterocycles. The number of hydrogen-bond acceptors (Lipinski definition) is 31.